The van der Waals surface area contributed by atoms with Crippen molar-refractivity contribution in [2.24, 2.45) is 5.73 Å². The Bertz CT molecular complexity index is 522. The largest absolute Gasteiger partial charge is 0.378 e. The summed E-state index contributed by atoms with van der Waals surface area (Å²) in [6, 6.07) is 3.22. The highest BCUT2D eigenvalue weighted by molar-refractivity contribution is 7.89. The van der Waals surface area contributed by atoms with Gasteiger partial charge in [-0.1, -0.05) is 0 Å². The quantitative estimate of drug-likeness (QED) is 0.866. The van der Waals surface area contributed by atoms with Gasteiger partial charge in [0.1, 0.15) is 4.90 Å². The molecule has 0 unspecified atom stereocenters. The zero-order chi connectivity index (χ0) is 14.6. The molecule has 2 N–H and O–H groups in total. The van der Waals surface area contributed by atoms with Crippen LogP contribution in [0.2, 0.25) is 0 Å². The average Bonchev–Trinajstić information content (AvgIpc) is 2.48. The van der Waals surface area contributed by atoms with Crippen LogP contribution in [0.3, 0.4) is 0 Å². The predicted molar refractivity (Wildman–Crippen MR) is 75.5 cm³/mol. The molecule has 112 valence electrons. The fourth-order valence-corrected chi connectivity index (χ4v) is 3.72. The normalized spacial score (nSPS) is 18.3. The van der Waals surface area contributed by atoms with Crippen LogP contribution in [0.25, 0.3) is 0 Å². The van der Waals surface area contributed by atoms with Gasteiger partial charge in [-0.05, 0) is 31.9 Å². The Morgan fingerprint density at radius 2 is 2.10 bits per heavy atom. The third-order valence-corrected chi connectivity index (χ3v) is 5.33. The summed E-state index contributed by atoms with van der Waals surface area (Å²) in [6.45, 7) is 3.91. The Balaban J connectivity index is 2.07. The lowest BCUT2D eigenvalue weighted by molar-refractivity contribution is 0.0290. The van der Waals surface area contributed by atoms with Crippen LogP contribution in [0.15, 0.2) is 23.2 Å². The van der Waals surface area contributed by atoms with Gasteiger partial charge in [0.05, 0.1) is 11.8 Å². The molecule has 1 aromatic rings. The van der Waals surface area contributed by atoms with E-state index in [4.69, 9.17) is 10.5 Å². The Morgan fingerprint density at radius 3 is 2.60 bits per heavy atom. The van der Waals surface area contributed by atoms with Gasteiger partial charge < -0.3 is 10.5 Å². The van der Waals surface area contributed by atoms with Gasteiger partial charge in [-0.15, -0.1) is 0 Å². The van der Waals surface area contributed by atoms with E-state index in [-0.39, 0.29) is 11.0 Å². The number of aromatic nitrogens is 1. The maximum absolute atomic E-state index is 12.5. The second kappa shape index (κ2) is 6.62. The van der Waals surface area contributed by atoms with E-state index in [9.17, 15) is 8.42 Å². The first-order chi connectivity index (χ1) is 9.57. The van der Waals surface area contributed by atoms with Crippen molar-refractivity contribution < 1.29 is 13.2 Å². The van der Waals surface area contributed by atoms with E-state index >= 15 is 0 Å². The van der Waals surface area contributed by atoms with Crippen LogP contribution in [-0.2, 0) is 21.3 Å². The topological polar surface area (TPSA) is 85.5 Å². The maximum atomic E-state index is 12.5. The lowest BCUT2D eigenvalue weighted by atomic mass is 10.1. The lowest BCUT2D eigenvalue weighted by Gasteiger charge is -2.30. The molecule has 0 amide bonds. The van der Waals surface area contributed by atoms with E-state index in [1.165, 1.54) is 10.5 Å². The Hall–Kier alpha value is -1.02. The molecule has 2 rings (SSSR count). The molecule has 0 atom stereocenters. The van der Waals surface area contributed by atoms with Gasteiger partial charge in [0, 0.05) is 32.4 Å². The molecule has 1 aliphatic rings. The van der Waals surface area contributed by atoms with Crippen molar-refractivity contribution in [1.82, 2.24) is 9.29 Å². The molecule has 1 fully saturated rings. The molecule has 20 heavy (non-hydrogen) atoms. The van der Waals surface area contributed by atoms with Crippen LogP contribution in [0, 0.1) is 0 Å². The van der Waals surface area contributed by atoms with Gasteiger partial charge in [-0.25, -0.2) is 8.42 Å². The molecule has 0 bridgehead atoms. The van der Waals surface area contributed by atoms with Crippen LogP contribution < -0.4 is 5.73 Å². The number of nitrogens with two attached hydrogens (primary N) is 1. The summed E-state index contributed by atoms with van der Waals surface area (Å²) in [6.07, 6.45) is 3.03. The zero-order valence-corrected chi connectivity index (χ0v) is 12.5. The molecule has 6 nitrogen and oxygen atoms in total. The molecule has 0 radical (unpaired) electrons. The van der Waals surface area contributed by atoms with Crippen LogP contribution >= 0.6 is 0 Å². The van der Waals surface area contributed by atoms with E-state index in [0.717, 1.165) is 12.8 Å². The summed E-state index contributed by atoms with van der Waals surface area (Å²) in [5.74, 6) is 0. The molecule has 0 aromatic carbocycles. The molecule has 1 saturated heterocycles. The maximum Gasteiger partial charge on any atom is 0.244 e. The van der Waals surface area contributed by atoms with Gasteiger partial charge in [0.15, 0.2) is 0 Å². The summed E-state index contributed by atoms with van der Waals surface area (Å²) in [5.41, 5.74) is 6.14. The highest BCUT2D eigenvalue weighted by Crippen LogP contribution is 2.21. The number of sulfonamides is 1. The van der Waals surface area contributed by atoms with E-state index in [2.05, 4.69) is 4.98 Å². The Kier molecular flexibility index (Phi) is 5.09. The minimum atomic E-state index is -3.45. The van der Waals surface area contributed by atoms with Gasteiger partial charge in [-0.2, -0.15) is 4.31 Å². The highest BCUT2D eigenvalue weighted by Gasteiger charge is 2.29. The standard InChI is InChI=1S/C13H21N3O3S/c1-2-19-12-5-7-16(8-6-12)20(17,18)13-4-3-11(9-14)15-10-13/h3-4,10,12H,2,5-9,14H2,1H3. The lowest BCUT2D eigenvalue weighted by Crippen LogP contribution is -2.40. The Labute approximate surface area is 120 Å². The summed E-state index contributed by atoms with van der Waals surface area (Å²) in [7, 11) is -3.45. The van der Waals surface area contributed by atoms with Crippen molar-refractivity contribution in [3.8, 4) is 0 Å². The second-order valence-corrected chi connectivity index (χ2v) is 6.69. The summed E-state index contributed by atoms with van der Waals surface area (Å²) in [5, 5.41) is 0. The van der Waals surface area contributed by atoms with E-state index in [0.29, 0.717) is 31.9 Å². The summed E-state index contributed by atoms with van der Waals surface area (Å²) < 4.78 is 32.0. The number of piperidine rings is 1. The molecular formula is C13H21N3O3S. The van der Waals surface area contributed by atoms with Gasteiger partial charge in [-0.3, -0.25) is 4.98 Å². The minimum Gasteiger partial charge on any atom is -0.378 e. The number of ether oxygens (including phenoxy) is 1. The van der Waals surface area contributed by atoms with E-state index < -0.39 is 10.0 Å². The number of nitrogens with zero attached hydrogens (tertiary/aromatic N) is 2. The fourth-order valence-electron chi connectivity index (χ4n) is 2.31. The van der Waals surface area contributed by atoms with Crippen molar-refractivity contribution in [1.29, 1.82) is 0 Å². The fraction of sp³-hybridized carbons (Fsp3) is 0.615. The van der Waals surface area contributed by atoms with Crippen LogP contribution in [0.1, 0.15) is 25.5 Å². The Morgan fingerprint density at radius 1 is 1.40 bits per heavy atom. The van der Waals surface area contributed by atoms with Crippen molar-refractivity contribution in [3.05, 3.63) is 24.0 Å². The zero-order valence-electron chi connectivity index (χ0n) is 11.7. The number of hydrogen-bond donors (Lipinski definition) is 1. The third-order valence-electron chi connectivity index (χ3n) is 3.45. The van der Waals surface area contributed by atoms with Crippen LogP contribution in [-0.4, -0.2) is 43.5 Å². The van der Waals surface area contributed by atoms with E-state index in [1.807, 2.05) is 6.92 Å². The highest BCUT2D eigenvalue weighted by atomic mass is 32.2. The van der Waals surface area contributed by atoms with Crippen molar-refractivity contribution in [2.45, 2.75) is 37.3 Å². The first-order valence-corrected chi connectivity index (χ1v) is 8.28. The molecule has 1 aromatic heterocycles. The SMILES string of the molecule is CCOC1CCN(S(=O)(=O)c2ccc(CN)nc2)CC1. The second-order valence-electron chi connectivity index (χ2n) is 4.75. The smallest absolute Gasteiger partial charge is 0.244 e. The number of rotatable bonds is 5. The molecule has 0 saturated carbocycles. The molecule has 0 spiro atoms. The van der Waals surface area contributed by atoms with E-state index in [1.54, 1.807) is 12.1 Å². The average molecular weight is 299 g/mol. The molecule has 7 heteroatoms. The van der Waals surface area contributed by atoms with Crippen molar-refractivity contribution in [2.75, 3.05) is 19.7 Å². The van der Waals surface area contributed by atoms with Crippen molar-refractivity contribution >= 4 is 10.0 Å². The van der Waals surface area contributed by atoms with Crippen LogP contribution in [0.5, 0.6) is 0 Å². The summed E-state index contributed by atoms with van der Waals surface area (Å²) in [4.78, 5) is 4.27. The van der Waals surface area contributed by atoms with Gasteiger partial charge in [0.25, 0.3) is 0 Å². The third kappa shape index (κ3) is 3.35. The monoisotopic (exact) mass is 299 g/mol. The van der Waals surface area contributed by atoms with Crippen molar-refractivity contribution in [3.63, 3.8) is 0 Å². The molecular weight excluding hydrogens is 278 g/mol. The number of hydrogen-bond acceptors (Lipinski definition) is 5. The molecule has 0 aliphatic carbocycles. The number of pyridine rings is 1. The van der Waals surface area contributed by atoms with Gasteiger partial charge in [0.2, 0.25) is 10.0 Å². The van der Waals surface area contributed by atoms with Gasteiger partial charge >= 0.3 is 0 Å². The first-order valence-electron chi connectivity index (χ1n) is 6.84. The molecule has 1 aliphatic heterocycles. The van der Waals surface area contributed by atoms with Crippen LogP contribution in [0.4, 0.5) is 0 Å². The minimum absolute atomic E-state index is 0.171. The predicted octanol–water partition coefficient (Wildman–Crippen LogP) is 0.730. The summed E-state index contributed by atoms with van der Waals surface area (Å²) >= 11 is 0. The first kappa shape index (κ1) is 15.4. The molecule has 2 heterocycles.